The molecule has 2 aliphatic heterocycles. The third-order valence-electron chi connectivity index (χ3n) is 6.64. The third kappa shape index (κ3) is 5.36. The van der Waals surface area contributed by atoms with Crippen LogP contribution in [0.5, 0.6) is 0 Å². The Morgan fingerprint density at radius 1 is 1.06 bits per heavy atom. The van der Waals surface area contributed by atoms with Crippen molar-refractivity contribution in [3.63, 3.8) is 0 Å². The maximum Gasteiger partial charge on any atom is 0.254 e. The second-order valence-corrected chi connectivity index (χ2v) is 9.01. The highest BCUT2D eigenvalue weighted by atomic mass is 19.1. The van der Waals surface area contributed by atoms with Gasteiger partial charge in [-0.25, -0.2) is 4.39 Å². The maximum absolute atomic E-state index is 13.8. The topological polar surface area (TPSA) is 52.7 Å². The molecule has 2 unspecified atom stereocenters. The quantitative estimate of drug-likeness (QED) is 0.745. The van der Waals surface area contributed by atoms with Crippen LogP contribution in [0, 0.1) is 18.7 Å². The van der Waals surface area contributed by atoms with E-state index < -0.39 is 5.82 Å². The van der Waals surface area contributed by atoms with Crippen LogP contribution in [-0.4, -0.2) is 54.3 Å². The Morgan fingerprint density at radius 2 is 1.84 bits per heavy atom. The first-order chi connectivity index (χ1) is 15.5. The lowest BCUT2D eigenvalue weighted by molar-refractivity contribution is -0.126. The van der Waals surface area contributed by atoms with Crippen LogP contribution in [0.15, 0.2) is 48.5 Å². The van der Waals surface area contributed by atoms with Crippen LogP contribution in [0.1, 0.15) is 53.2 Å². The van der Waals surface area contributed by atoms with Crippen LogP contribution < -0.4 is 5.32 Å². The molecule has 0 spiro atoms. The highest BCUT2D eigenvalue weighted by Crippen LogP contribution is 2.35. The second-order valence-electron chi connectivity index (χ2n) is 9.01. The largest absolute Gasteiger partial charge is 0.355 e. The highest BCUT2D eigenvalue weighted by Gasteiger charge is 2.36. The Hall–Kier alpha value is -2.73. The molecule has 2 aliphatic rings. The monoisotopic (exact) mass is 437 g/mol. The molecular formula is C26H32FN3O2. The lowest BCUT2D eigenvalue weighted by Gasteiger charge is -2.39. The molecule has 32 heavy (non-hydrogen) atoms. The van der Waals surface area contributed by atoms with Crippen LogP contribution in [0.3, 0.4) is 0 Å². The van der Waals surface area contributed by atoms with Gasteiger partial charge in [0.25, 0.3) is 5.91 Å². The number of halogens is 1. The number of carbonyl (C=O) groups excluding carboxylic acids is 2. The van der Waals surface area contributed by atoms with Crippen molar-refractivity contribution >= 4 is 11.8 Å². The zero-order valence-electron chi connectivity index (χ0n) is 18.7. The Bertz CT molecular complexity index is 958. The number of likely N-dealkylation sites (tertiary alicyclic amines) is 2. The summed E-state index contributed by atoms with van der Waals surface area (Å²) in [5.74, 6) is -0.919. The number of nitrogens with one attached hydrogen (secondary N) is 1. The average Bonchev–Trinajstić information content (AvgIpc) is 3.31. The van der Waals surface area contributed by atoms with Gasteiger partial charge in [0.2, 0.25) is 5.91 Å². The number of aryl methyl sites for hydroxylation is 1. The van der Waals surface area contributed by atoms with Gasteiger partial charge in [0.15, 0.2) is 0 Å². The molecule has 2 aromatic carbocycles. The molecule has 0 aliphatic carbocycles. The van der Waals surface area contributed by atoms with Crippen molar-refractivity contribution in [2.75, 3.05) is 32.7 Å². The van der Waals surface area contributed by atoms with E-state index in [-0.39, 0.29) is 23.8 Å². The Balaban J connectivity index is 1.48. The van der Waals surface area contributed by atoms with Gasteiger partial charge in [-0.3, -0.25) is 9.59 Å². The minimum Gasteiger partial charge on any atom is -0.355 e. The number of piperidine rings is 1. The summed E-state index contributed by atoms with van der Waals surface area (Å²) in [4.78, 5) is 30.4. The van der Waals surface area contributed by atoms with Gasteiger partial charge in [0.1, 0.15) is 5.82 Å². The molecule has 2 saturated heterocycles. The molecule has 0 saturated carbocycles. The minimum atomic E-state index is -0.434. The standard InChI is InChI=1S/C26H32FN3O2/c1-19-6-4-7-20(16-19)24-11-10-22(25(31)28-12-15-29-13-2-3-14-29)18-30(24)26(32)21-8-5-9-23(27)17-21/h4-9,16-17,22,24H,2-3,10-15,18H2,1H3,(H,28,31). The van der Waals surface area contributed by atoms with Crippen LogP contribution in [0.25, 0.3) is 0 Å². The van der Waals surface area contributed by atoms with Gasteiger partial charge in [-0.15, -0.1) is 0 Å². The molecule has 170 valence electrons. The summed E-state index contributed by atoms with van der Waals surface area (Å²) < 4.78 is 13.8. The molecule has 0 bridgehead atoms. The van der Waals surface area contributed by atoms with Crippen LogP contribution in [-0.2, 0) is 4.79 Å². The van der Waals surface area contributed by atoms with E-state index in [1.54, 1.807) is 17.0 Å². The molecule has 4 rings (SSSR count). The van der Waals surface area contributed by atoms with Gasteiger partial charge in [-0.2, -0.15) is 0 Å². The Kier molecular flexibility index (Phi) is 7.20. The molecule has 2 fully saturated rings. The fourth-order valence-corrected chi connectivity index (χ4v) is 4.91. The van der Waals surface area contributed by atoms with Gasteiger partial charge < -0.3 is 15.1 Å². The lowest BCUT2D eigenvalue weighted by atomic mass is 9.87. The van der Waals surface area contributed by atoms with E-state index in [4.69, 9.17) is 0 Å². The van der Waals surface area contributed by atoms with E-state index in [1.807, 2.05) is 25.1 Å². The fraction of sp³-hybridized carbons (Fsp3) is 0.462. The van der Waals surface area contributed by atoms with E-state index in [9.17, 15) is 14.0 Å². The summed E-state index contributed by atoms with van der Waals surface area (Å²) in [5, 5.41) is 3.07. The van der Waals surface area contributed by atoms with E-state index in [1.165, 1.54) is 25.0 Å². The van der Waals surface area contributed by atoms with Gasteiger partial charge in [0.05, 0.1) is 12.0 Å². The first kappa shape index (κ1) is 22.5. The fourth-order valence-electron chi connectivity index (χ4n) is 4.91. The third-order valence-corrected chi connectivity index (χ3v) is 6.64. The van der Waals surface area contributed by atoms with E-state index in [2.05, 4.69) is 16.3 Å². The van der Waals surface area contributed by atoms with Crippen molar-refractivity contribution in [3.8, 4) is 0 Å². The van der Waals surface area contributed by atoms with Crippen molar-refractivity contribution in [3.05, 3.63) is 71.0 Å². The zero-order chi connectivity index (χ0) is 22.5. The van der Waals surface area contributed by atoms with Crippen molar-refractivity contribution in [1.29, 1.82) is 0 Å². The Labute approximate surface area is 189 Å². The van der Waals surface area contributed by atoms with Gasteiger partial charge in [-0.1, -0.05) is 35.9 Å². The molecule has 2 aromatic rings. The number of carbonyl (C=O) groups is 2. The normalized spacial score (nSPS) is 21.5. The smallest absolute Gasteiger partial charge is 0.254 e. The van der Waals surface area contributed by atoms with Crippen LogP contribution >= 0.6 is 0 Å². The Morgan fingerprint density at radius 3 is 2.59 bits per heavy atom. The second kappa shape index (κ2) is 10.3. The lowest BCUT2D eigenvalue weighted by Crippen LogP contribution is -2.47. The van der Waals surface area contributed by atoms with E-state index in [0.717, 1.165) is 37.2 Å². The number of hydrogen-bond donors (Lipinski definition) is 1. The molecule has 2 amide bonds. The SMILES string of the molecule is Cc1cccc(C2CCC(C(=O)NCCN3CCCC3)CN2C(=O)c2cccc(F)c2)c1. The summed E-state index contributed by atoms with van der Waals surface area (Å²) in [5.41, 5.74) is 2.50. The van der Waals surface area contributed by atoms with Crippen LogP contribution in [0.4, 0.5) is 4.39 Å². The number of hydrogen-bond acceptors (Lipinski definition) is 3. The van der Waals surface area contributed by atoms with Crippen molar-refractivity contribution in [2.24, 2.45) is 5.92 Å². The molecule has 0 radical (unpaired) electrons. The van der Waals surface area contributed by atoms with Crippen LogP contribution in [0.2, 0.25) is 0 Å². The van der Waals surface area contributed by atoms with Crippen molar-refractivity contribution in [1.82, 2.24) is 15.1 Å². The molecule has 0 aromatic heterocycles. The highest BCUT2D eigenvalue weighted by molar-refractivity contribution is 5.95. The average molecular weight is 438 g/mol. The molecule has 1 N–H and O–H groups in total. The summed E-state index contributed by atoms with van der Waals surface area (Å²) in [7, 11) is 0. The summed E-state index contributed by atoms with van der Waals surface area (Å²) in [6, 6.07) is 13.8. The van der Waals surface area contributed by atoms with Gasteiger partial charge in [0, 0.05) is 25.2 Å². The van der Waals surface area contributed by atoms with E-state index in [0.29, 0.717) is 25.1 Å². The predicted octanol–water partition coefficient (Wildman–Crippen LogP) is 3.94. The summed E-state index contributed by atoms with van der Waals surface area (Å²) in [6.45, 7) is 6.08. The first-order valence-corrected chi connectivity index (χ1v) is 11.6. The van der Waals surface area contributed by atoms with Crippen molar-refractivity contribution in [2.45, 2.75) is 38.6 Å². The summed E-state index contributed by atoms with van der Waals surface area (Å²) >= 11 is 0. The number of rotatable bonds is 6. The van der Waals surface area contributed by atoms with Gasteiger partial charge >= 0.3 is 0 Å². The predicted molar refractivity (Wildman–Crippen MR) is 123 cm³/mol. The number of benzene rings is 2. The molecule has 5 nitrogen and oxygen atoms in total. The summed E-state index contributed by atoms with van der Waals surface area (Å²) in [6.07, 6.45) is 3.89. The number of nitrogens with zero attached hydrogens (tertiary/aromatic N) is 2. The maximum atomic E-state index is 13.8. The van der Waals surface area contributed by atoms with Gasteiger partial charge in [-0.05, 0) is 69.5 Å². The minimum absolute atomic E-state index is 0.00364. The molecule has 2 atom stereocenters. The van der Waals surface area contributed by atoms with E-state index >= 15 is 0 Å². The number of amides is 2. The molecule has 6 heteroatoms. The molecule has 2 heterocycles. The van der Waals surface area contributed by atoms with Crippen molar-refractivity contribution < 1.29 is 14.0 Å². The zero-order valence-corrected chi connectivity index (χ0v) is 18.7. The molecular weight excluding hydrogens is 405 g/mol. The first-order valence-electron chi connectivity index (χ1n) is 11.6.